The number of aromatic nitrogens is 4. The molecule has 1 aromatic heterocycles. The number of phenolic OH excluding ortho intramolecular Hbond substituents is 3. The van der Waals surface area contributed by atoms with E-state index >= 15 is 0 Å². The molecule has 0 saturated carbocycles. The molecule has 0 unspecified atom stereocenters. The quantitative estimate of drug-likeness (QED) is 0.307. The number of benzene rings is 1. The summed E-state index contributed by atoms with van der Waals surface area (Å²) in [5, 5.41) is 40.1. The van der Waals surface area contributed by atoms with E-state index in [1.54, 1.807) is 0 Å². The van der Waals surface area contributed by atoms with Crippen LogP contribution in [0, 0.1) is 0 Å². The number of hydrogen-bond donors (Lipinski definition) is 4. The molecule has 0 atom stereocenters. The van der Waals surface area contributed by atoms with Gasteiger partial charge in [-0.15, -0.1) is 10.2 Å². The summed E-state index contributed by atoms with van der Waals surface area (Å²) in [6.07, 6.45) is 0. The van der Waals surface area contributed by atoms with E-state index in [9.17, 15) is 20.1 Å². The van der Waals surface area contributed by atoms with E-state index in [-0.39, 0.29) is 5.82 Å². The molecule has 8 nitrogen and oxygen atoms in total. The summed E-state index contributed by atoms with van der Waals surface area (Å²) in [6.45, 7) is 0. The highest BCUT2D eigenvalue weighted by Gasteiger charge is 2.23. The van der Waals surface area contributed by atoms with Gasteiger partial charge in [0.05, 0.1) is 0 Å². The highest BCUT2D eigenvalue weighted by Crippen LogP contribution is 2.35. The lowest BCUT2D eigenvalue weighted by Crippen LogP contribution is -2.04. The van der Waals surface area contributed by atoms with Crippen molar-refractivity contribution in [2.24, 2.45) is 0 Å². The van der Waals surface area contributed by atoms with Crippen LogP contribution in [-0.4, -0.2) is 41.7 Å². The average Bonchev–Trinajstić information content (AvgIpc) is 2.77. The van der Waals surface area contributed by atoms with E-state index in [2.05, 4.69) is 20.6 Å². The van der Waals surface area contributed by atoms with Crippen molar-refractivity contribution in [3.8, 4) is 17.2 Å². The predicted octanol–water partition coefficient (Wildman–Crippen LogP) is -0.453. The number of ketones is 1. The summed E-state index contributed by atoms with van der Waals surface area (Å²) >= 11 is 0. The first-order chi connectivity index (χ1) is 7.61. The molecular weight excluding hydrogens is 216 g/mol. The van der Waals surface area contributed by atoms with Gasteiger partial charge in [-0.1, -0.05) is 0 Å². The zero-order valence-electron chi connectivity index (χ0n) is 7.75. The van der Waals surface area contributed by atoms with Crippen LogP contribution in [0.4, 0.5) is 0 Å². The van der Waals surface area contributed by atoms with Crippen LogP contribution in [-0.2, 0) is 0 Å². The highest BCUT2D eigenvalue weighted by atomic mass is 16.3. The van der Waals surface area contributed by atoms with Crippen molar-refractivity contribution in [3.05, 3.63) is 23.5 Å². The minimum atomic E-state index is -0.848. The monoisotopic (exact) mass is 222 g/mol. The summed E-state index contributed by atoms with van der Waals surface area (Å²) in [5.74, 6) is -2.90. The number of aromatic hydroxyl groups is 3. The van der Waals surface area contributed by atoms with Crippen molar-refractivity contribution < 1.29 is 20.1 Å². The number of H-pyrrole nitrogens is 1. The molecule has 2 rings (SSSR count). The van der Waals surface area contributed by atoms with Crippen LogP contribution in [0.25, 0.3) is 0 Å². The Morgan fingerprint density at radius 3 is 2.50 bits per heavy atom. The first-order valence-electron chi connectivity index (χ1n) is 4.13. The van der Waals surface area contributed by atoms with E-state index in [1.165, 1.54) is 0 Å². The number of aromatic amines is 1. The normalized spacial score (nSPS) is 10.2. The standard InChI is InChI=1S/C8H6N4O4/c13-3-1-2-4(14)6(15)5(3)7(16)8-9-11-12-10-8/h1-2,13-15H,(H,9,10,11,12). The molecule has 82 valence electrons. The zero-order valence-corrected chi connectivity index (χ0v) is 7.75. The molecular formula is C8H6N4O4. The first-order valence-corrected chi connectivity index (χ1v) is 4.13. The lowest BCUT2D eigenvalue weighted by Gasteiger charge is -2.05. The summed E-state index contributed by atoms with van der Waals surface area (Å²) in [6, 6.07) is 2.13. The molecule has 0 saturated heterocycles. The van der Waals surface area contributed by atoms with Crippen molar-refractivity contribution in [1.82, 2.24) is 20.6 Å². The molecule has 0 amide bonds. The highest BCUT2D eigenvalue weighted by molar-refractivity contribution is 6.10. The van der Waals surface area contributed by atoms with Gasteiger partial charge in [0.1, 0.15) is 11.3 Å². The molecule has 1 aromatic carbocycles. The van der Waals surface area contributed by atoms with Crippen LogP contribution < -0.4 is 0 Å². The molecule has 0 bridgehead atoms. The summed E-state index contributed by atoms with van der Waals surface area (Å²) in [5.41, 5.74) is -0.471. The Morgan fingerprint density at radius 1 is 1.19 bits per heavy atom. The van der Waals surface area contributed by atoms with E-state index in [4.69, 9.17) is 0 Å². The summed E-state index contributed by atoms with van der Waals surface area (Å²) < 4.78 is 0. The van der Waals surface area contributed by atoms with Crippen LogP contribution in [0.15, 0.2) is 12.1 Å². The number of carbonyl (C=O) groups excluding carboxylic acids is 1. The second-order valence-corrected chi connectivity index (χ2v) is 2.89. The summed E-state index contributed by atoms with van der Waals surface area (Å²) in [4.78, 5) is 11.7. The lowest BCUT2D eigenvalue weighted by atomic mass is 10.1. The van der Waals surface area contributed by atoms with Crippen molar-refractivity contribution in [1.29, 1.82) is 0 Å². The SMILES string of the molecule is O=C(c1nn[nH]n1)c1c(O)ccc(O)c1O. The Bertz CT molecular complexity index is 537. The average molecular weight is 222 g/mol. The van der Waals surface area contributed by atoms with Gasteiger partial charge in [-0.2, -0.15) is 5.21 Å². The maximum absolute atomic E-state index is 11.7. The van der Waals surface area contributed by atoms with Gasteiger partial charge < -0.3 is 15.3 Å². The number of nitrogens with one attached hydrogen (secondary N) is 1. The number of hydrogen-bond acceptors (Lipinski definition) is 7. The topological polar surface area (TPSA) is 132 Å². The van der Waals surface area contributed by atoms with Crippen LogP contribution in [0.5, 0.6) is 17.2 Å². The third-order valence-electron chi connectivity index (χ3n) is 1.91. The second-order valence-electron chi connectivity index (χ2n) is 2.89. The third-order valence-corrected chi connectivity index (χ3v) is 1.91. The molecule has 16 heavy (non-hydrogen) atoms. The third kappa shape index (κ3) is 1.41. The van der Waals surface area contributed by atoms with E-state index in [0.717, 1.165) is 12.1 Å². The van der Waals surface area contributed by atoms with Crippen LogP contribution in [0.3, 0.4) is 0 Å². The van der Waals surface area contributed by atoms with Crippen LogP contribution in [0.2, 0.25) is 0 Å². The number of nitrogens with zero attached hydrogens (tertiary/aromatic N) is 3. The Morgan fingerprint density at radius 2 is 1.88 bits per heavy atom. The van der Waals surface area contributed by atoms with Crippen molar-refractivity contribution in [2.45, 2.75) is 0 Å². The fraction of sp³-hybridized carbons (Fsp3) is 0. The van der Waals surface area contributed by atoms with Gasteiger partial charge >= 0.3 is 0 Å². The van der Waals surface area contributed by atoms with Crippen molar-refractivity contribution >= 4 is 5.78 Å². The largest absolute Gasteiger partial charge is 0.507 e. The van der Waals surface area contributed by atoms with E-state index in [0.29, 0.717) is 0 Å². The van der Waals surface area contributed by atoms with E-state index in [1.807, 2.05) is 0 Å². The minimum absolute atomic E-state index is 0.323. The zero-order chi connectivity index (χ0) is 11.7. The van der Waals surface area contributed by atoms with Gasteiger partial charge in [0.2, 0.25) is 11.6 Å². The fourth-order valence-electron chi connectivity index (χ4n) is 1.16. The minimum Gasteiger partial charge on any atom is -0.507 e. The number of rotatable bonds is 2. The Hall–Kier alpha value is -2.64. The molecule has 8 heteroatoms. The maximum atomic E-state index is 11.7. The van der Waals surface area contributed by atoms with Crippen molar-refractivity contribution in [2.75, 3.05) is 0 Å². The molecule has 0 spiro atoms. The van der Waals surface area contributed by atoms with Gasteiger partial charge in [0, 0.05) is 0 Å². The molecule has 0 radical (unpaired) electrons. The number of phenols is 3. The molecule has 4 N–H and O–H groups in total. The molecule has 1 heterocycles. The van der Waals surface area contributed by atoms with Crippen LogP contribution >= 0.6 is 0 Å². The molecule has 2 aromatic rings. The van der Waals surface area contributed by atoms with Gasteiger partial charge in [0.15, 0.2) is 11.5 Å². The number of carbonyl (C=O) groups is 1. The first kappa shape index (κ1) is 9.90. The predicted molar refractivity (Wildman–Crippen MR) is 49.0 cm³/mol. The van der Waals surface area contributed by atoms with Crippen LogP contribution in [0.1, 0.15) is 16.2 Å². The lowest BCUT2D eigenvalue weighted by molar-refractivity contribution is 0.102. The summed E-state index contributed by atoms with van der Waals surface area (Å²) in [7, 11) is 0. The molecule has 0 aliphatic rings. The van der Waals surface area contributed by atoms with Gasteiger partial charge in [-0.3, -0.25) is 4.79 Å². The Kier molecular flexibility index (Phi) is 2.16. The van der Waals surface area contributed by atoms with E-state index < -0.39 is 28.6 Å². The smallest absolute Gasteiger partial charge is 0.245 e. The van der Waals surface area contributed by atoms with Gasteiger partial charge in [-0.05, 0) is 17.3 Å². The Balaban J connectivity index is 2.56. The van der Waals surface area contributed by atoms with Crippen molar-refractivity contribution in [3.63, 3.8) is 0 Å². The van der Waals surface area contributed by atoms with Gasteiger partial charge in [-0.25, -0.2) is 0 Å². The number of tetrazole rings is 1. The Labute approximate surface area is 88.2 Å². The second kappa shape index (κ2) is 3.50. The molecule has 0 aliphatic heterocycles. The van der Waals surface area contributed by atoms with Gasteiger partial charge in [0.25, 0.3) is 0 Å². The molecule has 0 fully saturated rings. The fourth-order valence-corrected chi connectivity index (χ4v) is 1.16. The molecule has 0 aliphatic carbocycles. The maximum Gasteiger partial charge on any atom is 0.245 e.